The molecule has 0 atom stereocenters. The van der Waals surface area contributed by atoms with Gasteiger partial charge < -0.3 is 4.98 Å². The van der Waals surface area contributed by atoms with Crippen LogP contribution in [0.25, 0.3) is 11.4 Å². The van der Waals surface area contributed by atoms with E-state index in [1.807, 2.05) is 13.0 Å². The van der Waals surface area contributed by atoms with Crippen LogP contribution in [0.4, 0.5) is 5.69 Å². The molecule has 0 saturated carbocycles. The molecule has 0 bridgehead atoms. The quantitative estimate of drug-likeness (QED) is 0.525. The highest BCUT2D eigenvalue weighted by atomic mass is 32.1. The second-order valence-corrected chi connectivity index (χ2v) is 5.02. The van der Waals surface area contributed by atoms with Crippen molar-refractivity contribution in [2.75, 3.05) is 0 Å². The van der Waals surface area contributed by atoms with E-state index < -0.39 is 4.92 Å². The lowest BCUT2D eigenvalue weighted by Crippen LogP contribution is -1.98. The Balaban J connectivity index is 2.58. The zero-order chi connectivity index (χ0) is 14.7. The van der Waals surface area contributed by atoms with Crippen LogP contribution in [-0.2, 0) is 6.42 Å². The molecule has 0 aliphatic rings. The molecule has 1 aromatic carbocycles. The summed E-state index contributed by atoms with van der Waals surface area (Å²) in [6.07, 6.45) is 1.86. The summed E-state index contributed by atoms with van der Waals surface area (Å²) in [4.78, 5) is 18.0. The van der Waals surface area contributed by atoms with Gasteiger partial charge in [-0.05, 0) is 25.0 Å². The van der Waals surface area contributed by atoms with Crippen molar-refractivity contribution in [2.45, 2.75) is 26.7 Å². The number of aryl methyl sites for hydroxylation is 2. The molecule has 1 heterocycles. The Bertz CT molecular complexity index is 710. The molecule has 0 amide bonds. The molecule has 2 aromatic rings. The summed E-state index contributed by atoms with van der Waals surface area (Å²) in [6.45, 7) is 3.97. The first-order valence-corrected chi connectivity index (χ1v) is 6.77. The molecule has 2 rings (SSSR count). The van der Waals surface area contributed by atoms with E-state index in [2.05, 4.69) is 16.9 Å². The zero-order valence-electron chi connectivity index (χ0n) is 11.3. The lowest BCUT2D eigenvalue weighted by atomic mass is 10.1. The molecular formula is C14H15N3O2S. The second-order valence-electron chi connectivity index (χ2n) is 4.60. The van der Waals surface area contributed by atoms with Gasteiger partial charge in [0.15, 0.2) is 0 Å². The number of hydrogen-bond acceptors (Lipinski definition) is 4. The van der Waals surface area contributed by atoms with Gasteiger partial charge in [-0.1, -0.05) is 31.6 Å². The third kappa shape index (κ3) is 3.08. The number of aromatic amines is 1. The highest BCUT2D eigenvalue weighted by Gasteiger charge is 2.12. The van der Waals surface area contributed by atoms with Crippen LogP contribution in [-0.4, -0.2) is 14.9 Å². The summed E-state index contributed by atoms with van der Waals surface area (Å²) in [5.41, 5.74) is 2.67. The minimum atomic E-state index is -0.409. The minimum absolute atomic E-state index is 0.0487. The van der Waals surface area contributed by atoms with E-state index in [9.17, 15) is 10.1 Å². The van der Waals surface area contributed by atoms with Crippen molar-refractivity contribution in [1.29, 1.82) is 0 Å². The monoisotopic (exact) mass is 289 g/mol. The molecule has 1 N–H and O–H groups in total. The maximum absolute atomic E-state index is 10.9. The smallest absolute Gasteiger partial charge is 0.270 e. The fraction of sp³-hybridized carbons (Fsp3) is 0.286. The predicted octanol–water partition coefficient (Wildman–Crippen LogP) is 3.98. The van der Waals surface area contributed by atoms with Gasteiger partial charge in [-0.2, -0.15) is 0 Å². The van der Waals surface area contributed by atoms with Gasteiger partial charge in [-0.3, -0.25) is 10.1 Å². The number of benzene rings is 1. The lowest BCUT2D eigenvalue weighted by Gasteiger charge is -2.08. The third-order valence-electron chi connectivity index (χ3n) is 3.01. The van der Waals surface area contributed by atoms with Gasteiger partial charge in [0.1, 0.15) is 10.5 Å². The van der Waals surface area contributed by atoms with Gasteiger partial charge in [0.05, 0.1) is 4.92 Å². The van der Waals surface area contributed by atoms with E-state index in [4.69, 9.17) is 12.2 Å². The number of aromatic nitrogens is 2. The number of nitrogens with zero attached hydrogens (tertiary/aromatic N) is 2. The van der Waals surface area contributed by atoms with Crippen molar-refractivity contribution >= 4 is 17.9 Å². The fourth-order valence-corrected chi connectivity index (χ4v) is 2.25. The fourth-order valence-electron chi connectivity index (χ4n) is 2.02. The number of non-ortho nitro benzene ring substituents is 1. The van der Waals surface area contributed by atoms with Crippen molar-refractivity contribution in [2.24, 2.45) is 0 Å². The average Bonchev–Trinajstić information content (AvgIpc) is 2.38. The van der Waals surface area contributed by atoms with Crippen LogP contribution < -0.4 is 0 Å². The maximum Gasteiger partial charge on any atom is 0.270 e. The second kappa shape index (κ2) is 5.92. The zero-order valence-corrected chi connectivity index (χ0v) is 12.2. The third-order valence-corrected chi connectivity index (χ3v) is 3.21. The molecule has 0 fully saturated rings. The molecule has 5 nitrogen and oxygen atoms in total. The molecule has 0 unspecified atom stereocenters. The first kappa shape index (κ1) is 14.3. The number of nitro groups is 1. The minimum Gasteiger partial charge on any atom is -0.343 e. The Morgan fingerprint density at radius 3 is 2.80 bits per heavy atom. The van der Waals surface area contributed by atoms with Crippen molar-refractivity contribution in [3.8, 4) is 11.4 Å². The SMILES string of the molecule is CCCc1cc(=S)nc(-c2cc([N+](=O)[O-])ccc2C)[nH]1. The summed E-state index contributed by atoms with van der Waals surface area (Å²) >= 11 is 5.16. The van der Waals surface area contributed by atoms with Gasteiger partial charge in [0.25, 0.3) is 5.69 Å². The summed E-state index contributed by atoms with van der Waals surface area (Å²) in [7, 11) is 0. The molecule has 0 radical (unpaired) electrons. The molecule has 0 spiro atoms. The summed E-state index contributed by atoms with van der Waals surface area (Å²) in [6, 6.07) is 6.57. The highest BCUT2D eigenvalue weighted by Crippen LogP contribution is 2.25. The molecule has 6 heteroatoms. The molecule has 0 aliphatic carbocycles. The van der Waals surface area contributed by atoms with Crippen LogP contribution in [0.15, 0.2) is 24.3 Å². The van der Waals surface area contributed by atoms with Crippen LogP contribution in [0, 0.1) is 21.7 Å². The molecule has 20 heavy (non-hydrogen) atoms. The average molecular weight is 289 g/mol. The van der Waals surface area contributed by atoms with Crippen LogP contribution in [0.3, 0.4) is 0 Å². The van der Waals surface area contributed by atoms with Crippen molar-refractivity contribution < 1.29 is 4.92 Å². The Morgan fingerprint density at radius 1 is 1.40 bits per heavy atom. The van der Waals surface area contributed by atoms with E-state index >= 15 is 0 Å². The van der Waals surface area contributed by atoms with Gasteiger partial charge in [-0.15, -0.1) is 0 Å². The van der Waals surface area contributed by atoms with Gasteiger partial charge >= 0.3 is 0 Å². The largest absolute Gasteiger partial charge is 0.343 e. The van der Waals surface area contributed by atoms with E-state index in [0.29, 0.717) is 16.0 Å². The van der Waals surface area contributed by atoms with Gasteiger partial charge in [0, 0.05) is 23.4 Å². The van der Waals surface area contributed by atoms with E-state index in [-0.39, 0.29) is 5.69 Å². The van der Waals surface area contributed by atoms with Gasteiger partial charge in [-0.25, -0.2) is 4.98 Å². The highest BCUT2D eigenvalue weighted by molar-refractivity contribution is 7.71. The standard InChI is InChI=1S/C14H15N3O2S/c1-3-4-10-7-13(20)16-14(15-10)12-8-11(17(18)19)6-5-9(12)2/h5-8H,3-4H2,1-2H3,(H,15,16,20). The Morgan fingerprint density at radius 2 is 2.15 bits per heavy atom. The van der Waals surface area contributed by atoms with Crippen molar-refractivity contribution in [1.82, 2.24) is 9.97 Å². The summed E-state index contributed by atoms with van der Waals surface area (Å²) in [5.74, 6) is 0.585. The van der Waals surface area contributed by atoms with Crippen LogP contribution in [0.5, 0.6) is 0 Å². The van der Waals surface area contributed by atoms with Crippen LogP contribution >= 0.6 is 12.2 Å². The summed E-state index contributed by atoms with van der Waals surface area (Å²) < 4.78 is 0.494. The van der Waals surface area contributed by atoms with Crippen LogP contribution in [0.1, 0.15) is 24.6 Å². The number of nitro benzene ring substituents is 1. The Labute approximate surface area is 121 Å². The molecule has 0 saturated heterocycles. The maximum atomic E-state index is 10.9. The van der Waals surface area contributed by atoms with E-state index in [1.165, 1.54) is 12.1 Å². The van der Waals surface area contributed by atoms with Crippen molar-refractivity contribution in [3.05, 3.63) is 50.3 Å². The van der Waals surface area contributed by atoms with Gasteiger partial charge in [0.2, 0.25) is 0 Å². The summed E-state index contributed by atoms with van der Waals surface area (Å²) in [5, 5.41) is 10.9. The normalized spacial score (nSPS) is 10.5. The predicted molar refractivity (Wildman–Crippen MR) is 80.2 cm³/mol. The number of hydrogen-bond donors (Lipinski definition) is 1. The van der Waals surface area contributed by atoms with E-state index in [1.54, 1.807) is 6.07 Å². The Kier molecular flexibility index (Phi) is 4.24. The number of H-pyrrole nitrogens is 1. The molecule has 0 aliphatic heterocycles. The molecule has 1 aromatic heterocycles. The number of rotatable bonds is 4. The topological polar surface area (TPSA) is 71.8 Å². The first-order valence-electron chi connectivity index (χ1n) is 6.37. The van der Waals surface area contributed by atoms with Crippen LogP contribution in [0.2, 0.25) is 0 Å². The Hall–Kier alpha value is -2.08. The van der Waals surface area contributed by atoms with E-state index in [0.717, 1.165) is 24.1 Å². The first-order chi connectivity index (χ1) is 9.51. The lowest BCUT2D eigenvalue weighted by molar-refractivity contribution is -0.384. The van der Waals surface area contributed by atoms with Crippen molar-refractivity contribution in [3.63, 3.8) is 0 Å². The molecular weight excluding hydrogens is 274 g/mol. The molecule has 104 valence electrons. The number of nitrogens with one attached hydrogen (secondary N) is 1.